The highest BCUT2D eigenvalue weighted by atomic mass is 79.9. The number of alkyl halides is 1. The van der Waals surface area contributed by atoms with Crippen molar-refractivity contribution in [3.05, 3.63) is 61.7 Å². The summed E-state index contributed by atoms with van der Waals surface area (Å²) in [7, 11) is 0. The van der Waals surface area contributed by atoms with Crippen molar-refractivity contribution in [1.82, 2.24) is 14.5 Å². The number of anilines is 1. The van der Waals surface area contributed by atoms with Crippen LogP contribution in [0, 0.1) is 25.2 Å². The second-order valence-corrected chi connectivity index (χ2v) is 8.65. The Morgan fingerprint density at radius 1 is 1.37 bits per heavy atom. The molecule has 0 aliphatic heterocycles. The van der Waals surface area contributed by atoms with E-state index in [2.05, 4.69) is 37.3 Å². The van der Waals surface area contributed by atoms with E-state index in [4.69, 9.17) is 0 Å². The Balaban J connectivity index is 1.85. The van der Waals surface area contributed by atoms with E-state index in [-0.39, 0.29) is 11.6 Å². The molecule has 1 atom stereocenters. The van der Waals surface area contributed by atoms with Crippen LogP contribution in [-0.2, 0) is 5.54 Å². The van der Waals surface area contributed by atoms with E-state index in [1.54, 1.807) is 19.2 Å². The topological polar surface area (TPSA) is 83.6 Å². The van der Waals surface area contributed by atoms with E-state index in [0.717, 1.165) is 11.1 Å². The largest absolute Gasteiger partial charge is 0.363 e. The van der Waals surface area contributed by atoms with E-state index in [1.807, 2.05) is 26.0 Å². The van der Waals surface area contributed by atoms with Gasteiger partial charge in [-0.15, -0.1) is 0 Å². The van der Waals surface area contributed by atoms with Crippen LogP contribution in [0.5, 0.6) is 0 Å². The molecule has 8 heteroatoms. The number of hydrogen-bond acceptors (Lipinski definition) is 5. The summed E-state index contributed by atoms with van der Waals surface area (Å²) >= 11 is 3.38. The molecule has 30 heavy (non-hydrogen) atoms. The van der Waals surface area contributed by atoms with Crippen molar-refractivity contribution in [2.45, 2.75) is 45.2 Å². The SMILES string of the molecule is Cc1nc(NC(C)c2cccc(C#N)c2C)c2cn(C3(CF)CC3)c(=O)c(Br)c2n1. The third-order valence-electron chi connectivity index (χ3n) is 5.83. The molecular weight excluding hydrogens is 449 g/mol. The molecule has 1 fully saturated rings. The zero-order valence-electron chi connectivity index (χ0n) is 17.0. The Morgan fingerprint density at radius 3 is 2.73 bits per heavy atom. The van der Waals surface area contributed by atoms with Crippen LogP contribution in [0.2, 0.25) is 0 Å². The first-order chi connectivity index (χ1) is 14.3. The van der Waals surface area contributed by atoms with Crippen molar-refractivity contribution in [3.63, 3.8) is 0 Å². The highest BCUT2D eigenvalue weighted by Crippen LogP contribution is 2.44. The third-order valence-corrected chi connectivity index (χ3v) is 6.55. The number of benzene rings is 1. The van der Waals surface area contributed by atoms with Crippen molar-refractivity contribution >= 4 is 32.7 Å². The lowest BCUT2D eigenvalue weighted by atomic mass is 9.98. The van der Waals surface area contributed by atoms with Crippen LogP contribution < -0.4 is 10.9 Å². The normalized spacial score (nSPS) is 15.6. The Labute approximate surface area is 181 Å². The lowest BCUT2D eigenvalue weighted by molar-refractivity contribution is 0.330. The molecule has 1 unspecified atom stereocenters. The average Bonchev–Trinajstić information content (AvgIpc) is 3.52. The molecule has 0 amide bonds. The molecule has 0 saturated heterocycles. The molecule has 2 aromatic heterocycles. The second kappa shape index (κ2) is 7.47. The van der Waals surface area contributed by atoms with Gasteiger partial charge in [0.1, 0.15) is 22.8 Å². The maximum atomic E-state index is 13.7. The number of nitrogens with one attached hydrogen (secondary N) is 1. The third kappa shape index (κ3) is 3.27. The highest BCUT2D eigenvalue weighted by molar-refractivity contribution is 9.10. The Hall–Kier alpha value is -2.79. The maximum absolute atomic E-state index is 13.7. The van der Waals surface area contributed by atoms with Gasteiger partial charge in [-0.25, -0.2) is 14.4 Å². The highest BCUT2D eigenvalue weighted by Gasteiger charge is 2.46. The molecule has 0 spiro atoms. The molecule has 0 radical (unpaired) electrons. The molecule has 2 heterocycles. The molecule has 4 rings (SSSR count). The van der Waals surface area contributed by atoms with Gasteiger partial charge in [-0.2, -0.15) is 5.26 Å². The molecule has 3 aromatic rings. The number of aryl methyl sites for hydroxylation is 1. The summed E-state index contributed by atoms with van der Waals surface area (Å²) in [6, 6.07) is 7.68. The Kier molecular flexibility index (Phi) is 5.10. The Bertz CT molecular complexity index is 1260. The smallest absolute Gasteiger partial charge is 0.267 e. The summed E-state index contributed by atoms with van der Waals surface area (Å²) in [6.07, 6.45) is 2.93. The van der Waals surface area contributed by atoms with Crippen molar-refractivity contribution in [3.8, 4) is 6.07 Å². The van der Waals surface area contributed by atoms with Crippen molar-refractivity contribution in [2.24, 2.45) is 0 Å². The standard InChI is InChI=1S/C22H21BrFN5O/c1-12-15(9-25)5-4-6-16(12)13(2)26-20-17-10-29(22(11-24)7-8-22)21(30)18(23)19(17)27-14(3)28-20/h4-6,10,13H,7-8,11H2,1-3H3,(H,26,27,28). The minimum absolute atomic E-state index is 0.147. The average molecular weight is 470 g/mol. The molecule has 6 nitrogen and oxygen atoms in total. The number of nitrogens with zero attached hydrogens (tertiary/aromatic N) is 4. The number of nitriles is 1. The van der Waals surface area contributed by atoms with E-state index in [9.17, 15) is 14.4 Å². The summed E-state index contributed by atoms with van der Waals surface area (Å²) in [5.41, 5.74) is 1.96. The van der Waals surface area contributed by atoms with E-state index < -0.39 is 12.2 Å². The van der Waals surface area contributed by atoms with E-state index in [1.165, 1.54) is 4.57 Å². The molecule has 1 N–H and O–H groups in total. The van der Waals surface area contributed by atoms with Crippen LogP contribution in [0.15, 0.2) is 33.7 Å². The number of aromatic nitrogens is 3. The van der Waals surface area contributed by atoms with Gasteiger partial charge in [0.25, 0.3) is 5.56 Å². The monoisotopic (exact) mass is 469 g/mol. The van der Waals surface area contributed by atoms with Gasteiger partial charge in [0.15, 0.2) is 0 Å². The first-order valence-corrected chi connectivity index (χ1v) is 10.5. The van der Waals surface area contributed by atoms with Crippen LogP contribution in [0.25, 0.3) is 10.9 Å². The predicted molar refractivity (Wildman–Crippen MR) is 117 cm³/mol. The van der Waals surface area contributed by atoms with Crippen LogP contribution in [0.1, 0.15) is 48.3 Å². The van der Waals surface area contributed by atoms with Crippen molar-refractivity contribution < 1.29 is 4.39 Å². The number of pyridine rings is 1. The Morgan fingerprint density at radius 2 is 2.10 bits per heavy atom. The quantitative estimate of drug-likeness (QED) is 0.586. The maximum Gasteiger partial charge on any atom is 0.267 e. The van der Waals surface area contributed by atoms with Gasteiger partial charge < -0.3 is 9.88 Å². The van der Waals surface area contributed by atoms with Crippen molar-refractivity contribution in [1.29, 1.82) is 5.26 Å². The fraction of sp³-hybridized carbons (Fsp3) is 0.364. The van der Waals surface area contributed by atoms with Gasteiger partial charge in [-0.1, -0.05) is 12.1 Å². The second-order valence-electron chi connectivity index (χ2n) is 7.86. The van der Waals surface area contributed by atoms with Gasteiger partial charge >= 0.3 is 0 Å². The van der Waals surface area contributed by atoms with E-state index in [0.29, 0.717) is 45.4 Å². The fourth-order valence-corrected chi connectivity index (χ4v) is 4.33. The minimum Gasteiger partial charge on any atom is -0.363 e. The van der Waals surface area contributed by atoms with Crippen molar-refractivity contribution in [2.75, 3.05) is 12.0 Å². The number of halogens is 2. The zero-order chi connectivity index (χ0) is 21.6. The lowest BCUT2D eigenvalue weighted by Gasteiger charge is -2.21. The summed E-state index contributed by atoms with van der Waals surface area (Å²) < 4.78 is 15.5. The first-order valence-electron chi connectivity index (χ1n) is 9.73. The predicted octanol–water partition coefficient (Wildman–Crippen LogP) is 4.67. The number of rotatable bonds is 5. The molecule has 0 bridgehead atoms. The summed E-state index contributed by atoms with van der Waals surface area (Å²) in [6.45, 7) is 5.08. The molecule has 1 aliphatic rings. The first kappa shape index (κ1) is 20.5. The van der Waals surface area contributed by atoms with Gasteiger partial charge in [0, 0.05) is 6.20 Å². The lowest BCUT2D eigenvalue weighted by Crippen LogP contribution is -2.32. The van der Waals surface area contributed by atoms with Gasteiger partial charge in [0.2, 0.25) is 0 Å². The van der Waals surface area contributed by atoms with Crippen LogP contribution in [-0.4, -0.2) is 21.2 Å². The summed E-state index contributed by atoms with van der Waals surface area (Å²) in [4.78, 5) is 21.9. The van der Waals surface area contributed by atoms with E-state index >= 15 is 0 Å². The molecule has 1 aliphatic carbocycles. The minimum atomic E-state index is -0.765. The number of fused-ring (bicyclic) bond motifs is 1. The van der Waals surface area contributed by atoms with Crippen LogP contribution in [0.4, 0.5) is 10.2 Å². The van der Waals surface area contributed by atoms with Crippen LogP contribution >= 0.6 is 15.9 Å². The number of hydrogen-bond donors (Lipinski definition) is 1. The van der Waals surface area contributed by atoms with Gasteiger partial charge in [0.05, 0.1) is 34.1 Å². The van der Waals surface area contributed by atoms with Gasteiger partial charge in [-0.05, 0) is 66.7 Å². The molecule has 1 aromatic carbocycles. The fourth-order valence-electron chi connectivity index (χ4n) is 3.84. The van der Waals surface area contributed by atoms with Gasteiger partial charge in [-0.3, -0.25) is 4.79 Å². The summed E-state index contributed by atoms with van der Waals surface area (Å²) in [5.74, 6) is 1.08. The molecular formula is C22H21BrFN5O. The molecule has 1 saturated carbocycles. The van der Waals surface area contributed by atoms with Crippen LogP contribution in [0.3, 0.4) is 0 Å². The zero-order valence-corrected chi connectivity index (χ0v) is 18.5. The molecule has 154 valence electrons. The summed E-state index contributed by atoms with van der Waals surface area (Å²) in [5, 5.41) is 13.4.